The number of aryl methyl sites for hydroxylation is 2. The molecule has 21 heavy (non-hydrogen) atoms. The van der Waals surface area contributed by atoms with Crippen molar-refractivity contribution in [2.24, 2.45) is 0 Å². The van der Waals surface area contributed by atoms with Gasteiger partial charge >= 0.3 is 0 Å². The first kappa shape index (κ1) is 15.0. The Bertz CT molecular complexity index is 626. The Labute approximate surface area is 121 Å². The lowest BCUT2D eigenvalue weighted by Crippen LogP contribution is -2.17. The molecule has 6 heteroatoms. The Hall–Kier alpha value is -2.37. The van der Waals surface area contributed by atoms with Gasteiger partial charge in [-0.15, -0.1) is 0 Å². The highest BCUT2D eigenvalue weighted by Gasteiger charge is 2.18. The number of benzene rings is 1. The van der Waals surface area contributed by atoms with Gasteiger partial charge < -0.3 is 9.73 Å². The monoisotopic (exact) mass is 292 g/mol. The van der Waals surface area contributed by atoms with E-state index >= 15 is 0 Å². The average molecular weight is 292 g/mol. The molecule has 1 aromatic carbocycles. The van der Waals surface area contributed by atoms with Crippen LogP contribution in [-0.4, -0.2) is 11.0 Å². The molecule has 0 spiro atoms. The molecule has 0 aliphatic carbocycles. The van der Waals surface area contributed by atoms with Gasteiger partial charge in [0.05, 0.1) is 17.3 Å². The van der Waals surface area contributed by atoms with E-state index in [0.29, 0.717) is 11.3 Å². The molecule has 0 radical (unpaired) electrons. The molecule has 1 unspecified atom stereocenters. The van der Waals surface area contributed by atoms with Crippen LogP contribution in [0.15, 0.2) is 34.9 Å². The van der Waals surface area contributed by atoms with Crippen LogP contribution < -0.4 is 5.32 Å². The summed E-state index contributed by atoms with van der Waals surface area (Å²) < 4.78 is 18.7. The largest absolute Gasteiger partial charge is 0.469 e. The number of halogens is 1. The van der Waals surface area contributed by atoms with Crippen molar-refractivity contribution in [2.45, 2.75) is 32.7 Å². The van der Waals surface area contributed by atoms with Gasteiger partial charge in [0.2, 0.25) is 0 Å². The summed E-state index contributed by atoms with van der Waals surface area (Å²) in [6.45, 7) is 3.50. The molecular formula is C15H17FN2O3. The van der Waals surface area contributed by atoms with Crippen LogP contribution in [-0.2, 0) is 6.42 Å². The minimum absolute atomic E-state index is 0.00124. The number of nitro benzene ring substituents is 1. The van der Waals surface area contributed by atoms with E-state index in [4.69, 9.17) is 4.42 Å². The Morgan fingerprint density at radius 3 is 2.86 bits per heavy atom. The van der Waals surface area contributed by atoms with E-state index in [9.17, 15) is 14.5 Å². The smallest absolute Gasteiger partial charge is 0.295 e. The molecule has 5 nitrogen and oxygen atoms in total. The fourth-order valence-corrected chi connectivity index (χ4v) is 2.09. The van der Waals surface area contributed by atoms with Gasteiger partial charge in [-0.25, -0.2) is 4.39 Å². The van der Waals surface area contributed by atoms with Crippen LogP contribution in [0, 0.1) is 22.9 Å². The van der Waals surface area contributed by atoms with Gasteiger partial charge in [0, 0.05) is 12.5 Å². The van der Waals surface area contributed by atoms with Crippen molar-refractivity contribution in [1.29, 1.82) is 0 Å². The average Bonchev–Trinajstić information content (AvgIpc) is 2.93. The Morgan fingerprint density at radius 1 is 1.48 bits per heavy atom. The number of furan rings is 1. The molecule has 0 saturated carbocycles. The lowest BCUT2D eigenvalue weighted by molar-refractivity contribution is -0.384. The summed E-state index contributed by atoms with van der Waals surface area (Å²) in [6, 6.07) is 6.13. The molecule has 1 atom stereocenters. The molecule has 0 bridgehead atoms. The molecule has 2 aromatic rings. The van der Waals surface area contributed by atoms with Crippen LogP contribution in [0.3, 0.4) is 0 Å². The predicted octanol–water partition coefficient (Wildman–Crippen LogP) is 4.07. The first-order valence-electron chi connectivity index (χ1n) is 6.71. The van der Waals surface area contributed by atoms with Crippen LogP contribution in [0.2, 0.25) is 0 Å². The summed E-state index contributed by atoms with van der Waals surface area (Å²) >= 11 is 0. The van der Waals surface area contributed by atoms with E-state index in [1.54, 1.807) is 13.2 Å². The van der Waals surface area contributed by atoms with E-state index in [2.05, 4.69) is 5.32 Å². The van der Waals surface area contributed by atoms with Crippen molar-refractivity contribution in [3.63, 3.8) is 0 Å². The number of hydrogen-bond acceptors (Lipinski definition) is 4. The number of rotatable bonds is 6. The molecule has 112 valence electrons. The maximum Gasteiger partial charge on any atom is 0.295 e. The van der Waals surface area contributed by atoms with Gasteiger partial charge in [-0.2, -0.15) is 0 Å². The van der Waals surface area contributed by atoms with E-state index in [1.807, 2.05) is 19.1 Å². The molecule has 0 saturated heterocycles. The summed E-state index contributed by atoms with van der Waals surface area (Å²) in [5.74, 6) is 0.295. The van der Waals surface area contributed by atoms with E-state index in [-0.39, 0.29) is 11.7 Å². The second-order valence-corrected chi connectivity index (χ2v) is 5.04. The molecule has 2 rings (SSSR count). The minimum Gasteiger partial charge on any atom is -0.469 e. The number of hydrogen-bond donors (Lipinski definition) is 1. The summed E-state index contributed by atoms with van der Waals surface area (Å²) in [6.07, 6.45) is 3.10. The first-order chi connectivity index (χ1) is 9.97. The molecule has 1 heterocycles. The standard InChI is InChI=1S/C15H17FN2O3/c1-10-8-14(15(18(19)20)9-13(10)16)17-11(2)5-6-12-4-3-7-21-12/h3-4,7-9,11,17H,5-6H2,1-2H3. The van der Waals surface area contributed by atoms with Crippen molar-refractivity contribution < 1.29 is 13.7 Å². The Kier molecular flexibility index (Phi) is 4.57. The maximum atomic E-state index is 13.4. The molecular weight excluding hydrogens is 275 g/mol. The second kappa shape index (κ2) is 6.39. The number of nitrogens with zero attached hydrogens (tertiary/aromatic N) is 1. The summed E-state index contributed by atoms with van der Waals surface area (Å²) in [5.41, 5.74) is 0.468. The van der Waals surface area contributed by atoms with Crippen LogP contribution in [0.25, 0.3) is 0 Å². The van der Waals surface area contributed by atoms with E-state index < -0.39 is 10.7 Å². The minimum atomic E-state index is -0.579. The highest BCUT2D eigenvalue weighted by molar-refractivity contribution is 5.63. The summed E-state index contributed by atoms with van der Waals surface area (Å²) in [7, 11) is 0. The van der Waals surface area contributed by atoms with Crippen molar-refractivity contribution in [3.05, 3.63) is 57.8 Å². The molecule has 0 aliphatic heterocycles. The van der Waals surface area contributed by atoms with Crippen molar-refractivity contribution in [3.8, 4) is 0 Å². The van der Waals surface area contributed by atoms with Gasteiger partial charge in [-0.3, -0.25) is 10.1 Å². The van der Waals surface area contributed by atoms with Crippen LogP contribution in [0.5, 0.6) is 0 Å². The third kappa shape index (κ3) is 3.81. The fraction of sp³-hybridized carbons (Fsp3) is 0.333. The van der Waals surface area contributed by atoms with E-state index in [1.165, 1.54) is 6.07 Å². The molecule has 0 amide bonds. The van der Waals surface area contributed by atoms with Crippen molar-refractivity contribution in [1.82, 2.24) is 0 Å². The lowest BCUT2D eigenvalue weighted by Gasteiger charge is -2.15. The quantitative estimate of drug-likeness (QED) is 0.643. The van der Waals surface area contributed by atoms with Crippen molar-refractivity contribution >= 4 is 11.4 Å². The van der Waals surface area contributed by atoms with E-state index in [0.717, 1.165) is 24.7 Å². The molecule has 0 aliphatic rings. The Balaban J connectivity index is 2.07. The van der Waals surface area contributed by atoms with Gasteiger partial charge in [0.15, 0.2) is 0 Å². The zero-order valence-corrected chi connectivity index (χ0v) is 11.9. The zero-order valence-electron chi connectivity index (χ0n) is 11.9. The third-order valence-electron chi connectivity index (χ3n) is 3.28. The third-order valence-corrected chi connectivity index (χ3v) is 3.28. The molecule has 1 aromatic heterocycles. The maximum absolute atomic E-state index is 13.4. The summed E-state index contributed by atoms with van der Waals surface area (Å²) in [5, 5.41) is 14.1. The lowest BCUT2D eigenvalue weighted by atomic mass is 10.1. The van der Waals surface area contributed by atoms with Gasteiger partial charge in [0.1, 0.15) is 17.3 Å². The van der Waals surface area contributed by atoms with Gasteiger partial charge in [-0.05, 0) is 44.0 Å². The molecule has 0 fully saturated rings. The SMILES string of the molecule is Cc1cc(NC(C)CCc2ccco2)c([N+](=O)[O-])cc1F. The fourth-order valence-electron chi connectivity index (χ4n) is 2.09. The highest BCUT2D eigenvalue weighted by Crippen LogP contribution is 2.28. The van der Waals surface area contributed by atoms with Gasteiger partial charge in [-0.1, -0.05) is 0 Å². The molecule has 1 N–H and O–H groups in total. The number of nitrogens with one attached hydrogen (secondary N) is 1. The van der Waals surface area contributed by atoms with Crippen LogP contribution in [0.1, 0.15) is 24.7 Å². The first-order valence-corrected chi connectivity index (χ1v) is 6.71. The topological polar surface area (TPSA) is 68.3 Å². The van der Waals surface area contributed by atoms with Crippen LogP contribution in [0.4, 0.5) is 15.8 Å². The number of anilines is 1. The summed E-state index contributed by atoms with van der Waals surface area (Å²) in [4.78, 5) is 10.4. The van der Waals surface area contributed by atoms with Crippen LogP contribution >= 0.6 is 0 Å². The normalized spacial score (nSPS) is 12.1. The second-order valence-electron chi connectivity index (χ2n) is 5.04. The zero-order chi connectivity index (χ0) is 15.4. The number of nitro groups is 1. The highest BCUT2D eigenvalue weighted by atomic mass is 19.1. The van der Waals surface area contributed by atoms with Crippen molar-refractivity contribution in [2.75, 3.05) is 5.32 Å². The Morgan fingerprint density at radius 2 is 2.24 bits per heavy atom. The van der Waals surface area contributed by atoms with Gasteiger partial charge in [0.25, 0.3) is 5.69 Å². The predicted molar refractivity (Wildman–Crippen MR) is 77.9 cm³/mol.